The molecule has 4 nitrogen and oxygen atoms in total. The molecule has 3 aromatic rings. The summed E-state index contributed by atoms with van der Waals surface area (Å²) in [5, 5.41) is 5.09. The fourth-order valence-electron chi connectivity index (χ4n) is 2.21. The zero-order valence-corrected chi connectivity index (χ0v) is 14.4. The fourth-order valence-corrected chi connectivity index (χ4v) is 3.84. The lowest BCUT2D eigenvalue weighted by Gasteiger charge is -2.15. The van der Waals surface area contributed by atoms with E-state index < -0.39 is 0 Å². The van der Waals surface area contributed by atoms with Gasteiger partial charge in [-0.2, -0.15) is 0 Å². The molecule has 0 aliphatic carbocycles. The number of thiazole rings is 1. The number of carbonyl (C=O) groups excluding carboxylic acids is 1. The Balaban J connectivity index is 1.54. The first-order valence-corrected chi connectivity index (χ1v) is 9.09. The average molecular weight is 343 g/mol. The number of nitrogens with zero attached hydrogens (tertiary/aromatic N) is 3. The molecule has 23 heavy (non-hydrogen) atoms. The molecule has 3 heterocycles. The zero-order chi connectivity index (χ0) is 16.1. The van der Waals surface area contributed by atoms with Crippen LogP contribution in [0.2, 0.25) is 0 Å². The average Bonchev–Trinajstić information content (AvgIpc) is 3.24. The molecule has 0 bridgehead atoms. The van der Waals surface area contributed by atoms with E-state index in [0.29, 0.717) is 19.4 Å². The first-order valence-electron chi connectivity index (χ1n) is 7.33. The summed E-state index contributed by atoms with van der Waals surface area (Å²) in [6.07, 6.45) is 4.75. The number of hydrogen-bond acceptors (Lipinski definition) is 5. The van der Waals surface area contributed by atoms with Crippen LogP contribution >= 0.6 is 22.7 Å². The maximum absolute atomic E-state index is 12.2. The SMILES string of the molecule is CN(Cc1csc(-c2cccs2)n1)C(=O)CCc1cccnc1. The quantitative estimate of drug-likeness (QED) is 0.683. The van der Waals surface area contributed by atoms with E-state index in [1.807, 2.05) is 36.0 Å². The minimum atomic E-state index is 0.125. The summed E-state index contributed by atoms with van der Waals surface area (Å²) in [6, 6.07) is 7.98. The van der Waals surface area contributed by atoms with Gasteiger partial charge in [0.05, 0.1) is 17.1 Å². The lowest BCUT2D eigenvalue weighted by molar-refractivity contribution is -0.130. The van der Waals surface area contributed by atoms with E-state index >= 15 is 0 Å². The van der Waals surface area contributed by atoms with E-state index in [-0.39, 0.29) is 5.91 Å². The van der Waals surface area contributed by atoms with Crippen molar-refractivity contribution in [3.8, 4) is 9.88 Å². The van der Waals surface area contributed by atoms with Crippen LogP contribution in [0.3, 0.4) is 0 Å². The zero-order valence-electron chi connectivity index (χ0n) is 12.8. The van der Waals surface area contributed by atoms with E-state index in [1.54, 1.807) is 40.0 Å². The van der Waals surface area contributed by atoms with Crippen LogP contribution < -0.4 is 0 Å². The molecule has 6 heteroatoms. The summed E-state index contributed by atoms with van der Waals surface area (Å²) in [7, 11) is 1.83. The van der Waals surface area contributed by atoms with Crippen molar-refractivity contribution in [2.24, 2.45) is 0 Å². The Kier molecular flexibility index (Phi) is 5.15. The van der Waals surface area contributed by atoms with Crippen molar-refractivity contribution in [2.75, 3.05) is 7.05 Å². The molecule has 0 aliphatic rings. The minimum Gasteiger partial charge on any atom is -0.340 e. The normalized spacial score (nSPS) is 10.7. The van der Waals surface area contributed by atoms with Crippen LogP contribution in [-0.2, 0) is 17.8 Å². The van der Waals surface area contributed by atoms with Gasteiger partial charge in [-0.15, -0.1) is 22.7 Å². The molecule has 0 aromatic carbocycles. The highest BCUT2D eigenvalue weighted by Crippen LogP contribution is 2.28. The number of amides is 1. The molecule has 0 fully saturated rings. The Morgan fingerprint density at radius 1 is 1.26 bits per heavy atom. The molecule has 0 aliphatic heterocycles. The number of aryl methyl sites for hydroxylation is 1. The molecule has 0 radical (unpaired) electrons. The van der Waals surface area contributed by atoms with Crippen molar-refractivity contribution in [1.82, 2.24) is 14.9 Å². The van der Waals surface area contributed by atoms with Gasteiger partial charge in [0.1, 0.15) is 5.01 Å². The van der Waals surface area contributed by atoms with Crippen LogP contribution in [0, 0.1) is 0 Å². The molecule has 118 valence electrons. The second-order valence-electron chi connectivity index (χ2n) is 5.23. The predicted molar refractivity (Wildman–Crippen MR) is 94.5 cm³/mol. The lowest BCUT2D eigenvalue weighted by atomic mass is 10.1. The van der Waals surface area contributed by atoms with E-state index in [1.165, 1.54) is 4.88 Å². The molecule has 3 rings (SSSR count). The Morgan fingerprint density at radius 3 is 2.91 bits per heavy atom. The Morgan fingerprint density at radius 2 is 2.17 bits per heavy atom. The van der Waals surface area contributed by atoms with E-state index in [4.69, 9.17) is 0 Å². The van der Waals surface area contributed by atoms with Crippen molar-refractivity contribution in [3.05, 3.63) is 58.7 Å². The van der Waals surface area contributed by atoms with Crippen molar-refractivity contribution < 1.29 is 4.79 Å². The van der Waals surface area contributed by atoms with Crippen LogP contribution in [0.4, 0.5) is 0 Å². The third kappa shape index (κ3) is 4.24. The first-order chi connectivity index (χ1) is 11.2. The van der Waals surface area contributed by atoms with E-state index in [0.717, 1.165) is 16.3 Å². The molecule has 0 N–H and O–H groups in total. The van der Waals surface area contributed by atoms with Gasteiger partial charge in [-0.05, 0) is 29.5 Å². The van der Waals surface area contributed by atoms with Gasteiger partial charge in [-0.1, -0.05) is 12.1 Å². The highest BCUT2D eigenvalue weighted by Gasteiger charge is 2.12. The topological polar surface area (TPSA) is 46.1 Å². The highest BCUT2D eigenvalue weighted by molar-refractivity contribution is 7.20. The molecule has 0 saturated carbocycles. The summed E-state index contributed by atoms with van der Waals surface area (Å²) >= 11 is 3.31. The van der Waals surface area contributed by atoms with Crippen molar-refractivity contribution in [2.45, 2.75) is 19.4 Å². The highest BCUT2D eigenvalue weighted by atomic mass is 32.1. The molecule has 3 aromatic heterocycles. The summed E-state index contributed by atoms with van der Waals surface area (Å²) in [4.78, 5) is 23.8. The van der Waals surface area contributed by atoms with Gasteiger partial charge >= 0.3 is 0 Å². The van der Waals surface area contributed by atoms with Gasteiger partial charge in [0.25, 0.3) is 0 Å². The van der Waals surface area contributed by atoms with Crippen molar-refractivity contribution in [1.29, 1.82) is 0 Å². The summed E-state index contributed by atoms with van der Waals surface area (Å²) in [5.74, 6) is 0.125. The molecular formula is C17H17N3OS2. The van der Waals surface area contributed by atoms with Crippen molar-refractivity contribution in [3.63, 3.8) is 0 Å². The van der Waals surface area contributed by atoms with E-state index in [2.05, 4.69) is 16.0 Å². The third-order valence-corrected chi connectivity index (χ3v) is 5.39. The van der Waals surface area contributed by atoms with Crippen LogP contribution in [-0.4, -0.2) is 27.8 Å². The standard InChI is InChI=1S/C17H17N3OS2/c1-20(16(21)7-6-13-4-2-8-18-10-13)11-14-12-23-17(19-14)15-5-3-9-22-15/h2-5,8-10,12H,6-7,11H2,1H3. The molecule has 0 saturated heterocycles. The molecule has 0 atom stereocenters. The molecule has 0 unspecified atom stereocenters. The fraction of sp³-hybridized carbons (Fsp3) is 0.235. The van der Waals surface area contributed by atoms with Crippen LogP contribution in [0.1, 0.15) is 17.7 Å². The maximum atomic E-state index is 12.2. The van der Waals surface area contributed by atoms with E-state index in [9.17, 15) is 4.79 Å². The van der Waals surface area contributed by atoms with Crippen molar-refractivity contribution >= 4 is 28.6 Å². The smallest absolute Gasteiger partial charge is 0.222 e. The number of aromatic nitrogens is 2. The number of carbonyl (C=O) groups is 1. The van der Waals surface area contributed by atoms with Gasteiger partial charge in [0, 0.05) is 31.2 Å². The third-order valence-electron chi connectivity index (χ3n) is 3.46. The van der Waals surface area contributed by atoms with Gasteiger partial charge in [0.15, 0.2) is 0 Å². The van der Waals surface area contributed by atoms with Gasteiger partial charge in [0.2, 0.25) is 5.91 Å². The molecule has 0 spiro atoms. The van der Waals surface area contributed by atoms with Gasteiger partial charge < -0.3 is 4.90 Å². The molecule has 1 amide bonds. The maximum Gasteiger partial charge on any atom is 0.222 e. The number of hydrogen-bond donors (Lipinski definition) is 0. The Bertz CT molecular complexity index is 753. The molecular weight excluding hydrogens is 326 g/mol. The Labute approximate surface area is 143 Å². The predicted octanol–water partition coefficient (Wildman–Crippen LogP) is 3.86. The van der Waals surface area contributed by atoms with Crippen LogP contribution in [0.15, 0.2) is 47.4 Å². The Hall–Kier alpha value is -2.05. The van der Waals surface area contributed by atoms with Crippen LogP contribution in [0.25, 0.3) is 9.88 Å². The lowest BCUT2D eigenvalue weighted by Crippen LogP contribution is -2.26. The minimum absolute atomic E-state index is 0.125. The summed E-state index contributed by atoms with van der Waals surface area (Å²) < 4.78 is 0. The van der Waals surface area contributed by atoms with Crippen LogP contribution in [0.5, 0.6) is 0 Å². The summed E-state index contributed by atoms with van der Waals surface area (Å²) in [5.41, 5.74) is 2.03. The first kappa shape index (κ1) is 15.8. The number of thiophene rings is 1. The second-order valence-corrected chi connectivity index (χ2v) is 7.04. The number of pyridine rings is 1. The monoisotopic (exact) mass is 343 g/mol. The van der Waals surface area contributed by atoms with Gasteiger partial charge in [-0.3, -0.25) is 9.78 Å². The summed E-state index contributed by atoms with van der Waals surface area (Å²) in [6.45, 7) is 0.549. The van der Waals surface area contributed by atoms with Gasteiger partial charge in [-0.25, -0.2) is 4.98 Å². The second kappa shape index (κ2) is 7.48. The number of rotatable bonds is 6. The largest absolute Gasteiger partial charge is 0.340 e.